The van der Waals surface area contributed by atoms with Gasteiger partial charge >= 0.3 is 6.18 Å². The normalized spacial score (nSPS) is 18.3. The summed E-state index contributed by atoms with van der Waals surface area (Å²) in [6.45, 7) is 4.94. The zero-order valence-corrected chi connectivity index (χ0v) is 22.6. The van der Waals surface area contributed by atoms with Gasteiger partial charge in [-0.05, 0) is 25.0 Å². The van der Waals surface area contributed by atoms with Crippen LogP contribution in [0, 0.1) is 5.82 Å². The van der Waals surface area contributed by atoms with Gasteiger partial charge < -0.3 is 24.8 Å². The number of morpholine rings is 1. The van der Waals surface area contributed by atoms with Crippen LogP contribution in [-0.4, -0.2) is 84.3 Å². The molecule has 3 aromatic rings. The zero-order chi connectivity index (χ0) is 29.4. The van der Waals surface area contributed by atoms with Crippen molar-refractivity contribution in [1.82, 2.24) is 19.9 Å². The second-order valence-corrected chi connectivity index (χ2v) is 10.6. The standard InChI is InChI=1S/C28H29F4N7O3/c29-22-13-24(38-5-3-37(4-6-38)18-1-2-18)23(36-26(41)20-16-33-25(40)12-21(20)28(30,31)32)11-19(22)17-14-34-27(35-15-17)39-7-9-42-10-8-39/h11-16,18H,1-10H2,(H,33,40)(H,36,41). The number of pyridine rings is 1. The molecule has 1 aromatic carbocycles. The topological polar surface area (TPSA) is 107 Å². The van der Waals surface area contributed by atoms with E-state index in [1.807, 2.05) is 9.80 Å². The molecule has 6 rings (SSSR count). The van der Waals surface area contributed by atoms with Crippen molar-refractivity contribution < 1.29 is 27.1 Å². The molecule has 0 unspecified atom stereocenters. The molecule has 4 heterocycles. The lowest BCUT2D eigenvalue weighted by atomic mass is 10.0. The van der Waals surface area contributed by atoms with Gasteiger partial charge in [0.25, 0.3) is 5.91 Å². The Labute approximate surface area is 238 Å². The number of carbonyl (C=O) groups excluding carboxylic acids is 1. The average molecular weight is 588 g/mol. The van der Waals surface area contributed by atoms with E-state index < -0.39 is 34.6 Å². The van der Waals surface area contributed by atoms with Crippen LogP contribution in [0.2, 0.25) is 0 Å². The van der Waals surface area contributed by atoms with Crippen LogP contribution in [0.5, 0.6) is 0 Å². The maximum absolute atomic E-state index is 15.6. The van der Waals surface area contributed by atoms with Gasteiger partial charge in [-0.1, -0.05) is 0 Å². The fourth-order valence-corrected chi connectivity index (χ4v) is 5.38. The molecule has 14 heteroatoms. The number of hydrogen-bond donors (Lipinski definition) is 2. The highest BCUT2D eigenvalue weighted by atomic mass is 19.4. The van der Waals surface area contributed by atoms with Gasteiger partial charge in [0.1, 0.15) is 5.82 Å². The number of piperazine rings is 1. The number of alkyl halides is 3. The van der Waals surface area contributed by atoms with Crippen LogP contribution in [0.3, 0.4) is 0 Å². The Hall–Kier alpha value is -4.04. The number of aromatic amines is 1. The van der Waals surface area contributed by atoms with Crippen molar-refractivity contribution in [1.29, 1.82) is 0 Å². The largest absolute Gasteiger partial charge is 0.417 e. The molecule has 1 aliphatic carbocycles. The smallest absolute Gasteiger partial charge is 0.378 e. The van der Waals surface area contributed by atoms with Gasteiger partial charge in [-0.25, -0.2) is 14.4 Å². The molecular formula is C28H29F4N7O3. The summed E-state index contributed by atoms with van der Waals surface area (Å²) in [4.78, 5) is 42.0. The molecule has 2 N–H and O–H groups in total. The highest BCUT2D eigenvalue weighted by Gasteiger charge is 2.36. The first kappa shape index (κ1) is 28.1. The van der Waals surface area contributed by atoms with E-state index in [2.05, 4.69) is 25.2 Å². The zero-order valence-electron chi connectivity index (χ0n) is 22.6. The summed E-state index contributed by atoms with van der Waals surface area (Å²) in [6, 6.07) is 3.58. The van der Waals surface area contributed by atoms with E-state index in [-0.39, 0.29) is 11.3 Å². The molecule has 2 aliphatic heterocycles. The number of carbonyl (C=O) groups is 1. The second kappa shape index (κ2) is 11.3. The fourth-order valence-electron chi connectivity index (χ4n) is 5.38. The predicted octanol–water partition coefficient (Wildman–Crippen LogP) is 3.36. The number of anilines is 3. The van der Waals surface area contributed by atoms with Crippen LogP contribution in [-0.2, 0) is 10.9 Å². The maximum atomic E-state index is 15.6. The minimum Gasteiger partial charge on any atom is -0.378 e. The minimum atomic E-state index is -4.93. The van der Waals surface area contributed by atoms with Gasteiger partial charge in [0.15, 0.2) is 0 Å². The number of hydrogen-bond acceptors (Lipinski definition) is 8. The lowest BCUT2D eigenvalue weighted by Gasteiger charge is -2.37. The highest BCUT2D eigenvalue weighted by Crippen LogP contribution is 2.37. The molecule has 0 bridgehead atoms. The summed E-state index contributed by atoms with van der Waals surface area (Å²) in [5.74, 6) is -1.21. The summed E-state index contributed by atoms with van der Waals surface area (Å²) >= 11 is 0. The van der Waals surface area contributed by atoms with E-state index in [0.717, 1.165) is 32.1 Å². The Morgan fingerprint density at radius 3 is 2.31 bits per heavy atom. The van der Waals surface area contributed by atoms with E-state index in [0.29, 0.717) is 68.7 Å². The molecule has 10 nitrogen and oxygen atoms in total. The van der Waals surface area contributed by atoms with Crippen molar-refractivity contribution in [2.45, 2.75) is 25.1 Å². The molecule has 1 saturated carbocycles. The van der Waals surface area contributed by atoms with Gasteiger partial charge in [0.05, 0.1) is 35.7 Å². The third-order valence-corrected chi connectivity index (χ3v) is 7.77. The molecule has 2 saturated heterocycles. The number of aromatic nitrogens is 3. The number of benzene rings is 1. The number of ether oxygens (including phenoxy) is 1. The predicted molar refractivity (Wildman–Crippen MR) is 147 cm³/mol. The Balaban J connectivity index is 1.34. The van der Waals surface area contributed by atoms with Crippen molar-refractivity contribution in [3.63, 3.8) is 0 Å². The Bertz CT molecular complexity index is 1510. The summed E-state index contributed by atoms with van der Waals surface area (Å²) in [6.07, 6.45) is 1.04. The Morgan fingerprint density at radius 1 is 0.976 bits per heavy atom. The van der Waals surface area contributed by atoms with Gasteiger partial charge in [-0.3, -0.25) is 14.5 Å². The van der Waals surface area contributed by atoms with Crippen molar-refractivity contribution in [2.75, 3.05) is 67.6 Å². The highest BCUT2D eigenvalue weighted by molar-refractivity contribution is 6.07. The van der Waals surface area contributed by atoms with Gasteiger partial charge in [-0.15, -0.1) is 0 Å². The molecule has 2 aromatic heterocycles. The van der Waals surface area contributed by atoms with Crippen LogP contribution < -0.4 is 20.7 Å². The molecule has 222 valence electrons. The summed E-state index contributed by atoms with van der Waals surface area (Å²) in [5, 5.41) is 2.56. The van der Waals surface area contributed by atoms with Gasteiger partial charge in [0, 0.05) is 81.1 Å². The maximum Gasteiger partial charge on any atom is 0.417 e. The molecule has 1 amide bonds. The quantitative estimate of drug-likeness (QED) is 0.423. The number of rotatable bonds is 6. The summed E-state index contributed by atoms with van der Waals surface area (Å²) in [7, 11) is 0. The average Bonchev–Trinajstić information content (AvgIpc) is 3.84. The summed E-state index contributed by atoms with van der Waals surface area (Å²) < 4.78 is 62.1. The first-order valence-corrected chi connectivity index (χ1v) is 13.8. The summed E-state index contributed by atoms with van der Waals surface area (Å²) in [5.41, 5.74) is -2.20. The van der Waals surface area contributed by atoms with E-state index in [1.54, 1.807) is 0 Å². The van der Waals surface area contributed by atoms with Gasteiger partial charge in [0.2, 0.25) is 11.5 Å². The fraction of sp³-hybridized carbons (Fsp3) is 0.429. The number of nitrogens with one attached hydrogen (secondary N) is 2. The second-order valence-electron chi connectivity index (χ2n) is 10.6. The van der Waals surface area contributed by atoms with Crippen LogP contribution in [0.4, 0.5) is 34.9 Å². The molecule has 0 spiro atoms. The monoisotopic (exact) mass is 587 g/mol. The number of amides is 1. The molecule has 42 heavy (non-hydrogen) atoms. The van der Waals surface area contributed by atoms with Crippen LogP contribution in [0.1, 0.15) is 28.8 Å². The van der Waals surface area contributed by atoms with Crippen LogP contribution >= 0.6 is 0 Å². The lowest BCUT2D eigenvalue weighted by molar-refractivity contribution is -0.138. The number of H-pyrrole nitrogens is 1. The van der Waals surface area contributed by atoms with Crippen molar-refractivity contribution >= 4 is 23.2 Å². The van der Waals surface area contributed by atoms with E-state index in [4.69, 9.17) is 4.74 Å². The number of nitrogens with zero attached hydrogens (tertiary/aromatic N) is 5. The van der Waals surface area contributed by atoms with E-state index in [9.17, 15) is 22.8 Å². The third kappa shape index (κ3) is 5.95. The Kier molecular flexibility index (Phi) is 7.58. The van der Waals surface area contributed by atoms with E-state index in [1.165, 1.54) is 24.5 Å². The van der Waals surface area contributed by atoms with Crippen LogP contribution in [0.25, 0.3) is 11.1 Å². The Morgan fingerprint density at radius 2 is 1.67 bits per heavy atom. The van der Waals surface area contributed by atoms with Gasteiger partial charge in [-0.2, -0.15) is 13.2 Å². The molecular weight excluding hydrogens is 558 g/mol. The van der Waals surface area contributed by atoms with Crippen molar-refractivity contribution in [3.05, 3.63) is 64.1 Å². The first-order valence-electron chi connectivity index (χ1n) is 13.8. The molecule has 0 radical (unpaired) electrons. The molecule has 3 aliphatic rings. The third-order valence-electron chi connectivity index (χ3n) is 7.77. The SMILES string of the molecule is O=C(Nc1cc(-c2cnc(N3CCOCC3)nc2)c(F)cc1N1CCN(C2CC2)CC1)c1c[nH]c(=O)cc1C(F)(F)F. The molecule has 0 atom stereocenters. The minimum absolute atomic E-state index is 0.0803. The molecule has 3 fully saturated rings. The van der Waals surface area contributed by atoms with E-state index >= 15 is 4.39 Å². The van der Waals surface area contributed by atoms with Crippen molar-refractivity contribution in [2.24, 2.45) is 0 Å². The first-order chi connectivity index (χ1) is 20.2. The van der Waals surface area contributed by atoms with Crippen molar-refractivity contribution in [3.8, 4) is 11.1 Å². The van der Waals surface area contributed by atoms with Crippen LogP contribution in [0.15, 0.2) is 41.6 Å². The number of halogens is 4. The lowest BCUT2D eigenvalue weighted by Crippen LogP contribution is -2.47.